The van der Waals surface area contributed by atoms with Gasteiger partial charge in [0.15, 0.2) is 6.20 Å². The highest BCUT2D eigenvalue weighted by atomic mass is 14.9. The van der Waals surface area contributed by atoms with Crippen LogP contribution in [0.3, 0.4) is 0 Å². The van der Waals surface area contributed by atoms with Crippen LogP contribution in [0.2, 0.25) is 0 Å². The predicted molar refractivity (Wildman–Crippen MR) is 110 cm³/mol. The van der Waals surface area contributed by atoms with Crippen molar-refractivity contribution in [1.82, 2.24) is 4.98 Å². The molecule has 27 heavy (non-hydrogen) atoms. The monoisotopic (exact) mass is 359 g/mol. The van der Waals surface area contributed by atoms with Crippen molar-refractivity contribution >= 4 is 0 Å². The van der Waals surface area contributed by atoms with Crippen LogP contribution in [0.1, 0.15) is 65.0 Å². The topological polar surface area (TPSA) is 16.8 Å². The molecule has 2 aliphatic rings. The summed E-state index contributed by atoms with van der Waals surface area (Å²) in [6.45, 7) is -0.133. The van der Waals surface area contributed by atoms with E-state index < -0.39 is 12.7 Å². The maximum Gasteiger partial charge on any atom is 0.213 e. The second-order valence-corrected chi connectivity index (χ2v) is 7.87. The first-order valence-corrected chi connectivity index (χ1v) is 9.81. The van der Waals surface area contributed by atoms with Gasteiger partial charge in [-0.1, -0.05) is 31.0 Å². The molecule has 136 valence electrons. The first kappa shape index (κ1) is 12.8. The third-order valence-electron chi connectivity index (χ3n) is 6.16. The van der Waals surface area contributed by atoms with Crippen LogP contribution in [0.5, 0.6) is 0 Å². The van der Waals surface area contributed by atoms with E-state index in [4.69, 9.17) is 5.48 Å². The largest absolute Gasteiger partial charge is 0.260 e. The van der Waals surface area contributed by atoms with Crippen molar-refractivity contribution in [3.8, 4) is 22.4 Å². The first-order valence-electron chi connectivity index (χ1n) is 11.8. The summed E-state index contributed by atoms with van der Waals surface area (Å²) in [6.07, 6.45) is 7.72. The average Bonchev–Trinajstić information content (AvgIpc) is 3.32. The van der Waals surface area contributed by atoms with Crippen LogP contribution in [0.4, 0.5) is 0 Å². The number of pyridine rings is 2. The van der Waals surface area contributed by atoms with Crippen LogP contribution in [-0.4, -0.2) is 4.98 Å². The molecule has 0 spiro atoms. The van der Waals surface area contributed by atoms with Gasteiger partial charge in [0.1, 0.15) is 7.05 Å². The Kier molecular flexibility index (Phi) is 2.99. The number of hydrogen-bond donors (Lipinski definition) is 0. The normalized spacial score (nSPS) is 19.6. The molecule has 0 bridgehead atoms. The zero-order valence-electron chi connectivity index (χ0n) is 20.0. The van der Waals surface area contributed by atoms with Crippen LogP contribution in [0.25, 0.3) is 22.4 Å². The van der Waals surface area contributed by atoms with Crippen molar-refractivity contribution in [3.63, 3.8) is 0 Å². The van der Waals surface area contributed by atoms with Gasteiger partial charge in [-0.2, -0.15) is 0 Å². The van der Waals surface area contributed by atoms with Gasteiger partial charge in [0.2, 0.25) is 5.69 Å². The Labute approximate surface area is 167 Å². The Morgan fingerprint density at radius 2 is 2.00 bits per heavy atom. The number of rotatable bonds is 2. The second kappa shape index (κ2) is 6.30. The van der Waals surface area contributed by atoms with Gasteiger partial charge in [-0.15, -0.1) is 0 Å². The van der Waals surface area contributed by atoms with Crippen molar-refractivity contribution in [3.05, 3.63) is 70.7 Å². The lowest BCUT2D eigenvalue weighted by molar-refractivity contribution is -0.660. The molecule has 1 aromatic carbocycles. The Morgan fingerprint density at radius 3 is 2.81 bits per heavy atom. The molecule has 0 saturated heterocycles. The van der Waals surface area contributed by atoms with Crippen molar-refractivity contribution in [2.24, 2.45) is 7.05 Å². The minimum atomic E-state index is -2.24. The summed E-state index contributed by atoms with van der Waals surface area (Å²) in [4.78, 5) is 4.59. The molecule has 0 amide bonds. The second-order valence-electron chi connectivity index (χ2n) is 7.87. The number of hydrogen-bond acceptors (Lipinski definition) is 1. The van der Waals surface area contributed by atoms with Gasteiger partial charge in [-0.3, -0.25) is 4.98 Å². The van der Waals surface area contributed by atoms with Crippen LogP contribution in [0, 0.1) is 13.8 Å². The lowest BCUT2D eigenvalue weighted by Gasteiger charge is -2.16. The Morgan fingerprint density at radius 1 is 1.15 bits per heavy atom. The summed E-state index contributed by atoms with van der Waals surface area (Å²) >= 11 is 0. The Bertz CT molecular complexity index is 1190. The minimum Gasteiger partial charge on any atom is -0.260 e. The third-order valence-corrected chi connectivity index (χ3v) is 6.16. The van der Waals surface area contributed by atoms with E-state index in [1.165, 1.54) is 16.7 Å². The van der Waals surface area contributed by atoms with E-state index in [9.17, 15) is 0 Å². The predicted octanol–water partition coefficient (Wildman–Crippen LogP) is 5.42. The van der Waals surface area contributed by atoms with E-state index in [1.54, 1.807) is 6.20 Å². The van der Waals surface area contributed by atoms with E-state index >= 15 is 0 Å². The summed E-state index contributed by atoms with van der Waals surface area (Å²) < 4.78 is 35.4. The van der Waals surface area contributed by atoms with Crippen LogP contribution in [0.15, 0.2) is 42.7 Å². The first-order chi connectivity index (χ1) is 14.7. The molecular formula is C25H27N2+. The summed E-state index contributed by atoms with van der Waals surface area (Å²) in [5.74, 6) is -0.830. The van der Waals surface area contributed by atoms with E-state index in [0.29, 0.717) is 24.0 Å². The molecule has 0 unspecified atom stereocenters. The summed E-state index contributed by atoms with van der Waals surface area (Å²) in [7, 11) is 1.92. The molecule has 2 aliphatic carbocycles. The summed E-state index contributed by atoms with van der Waals surface area (Å²) in [5, 5.41) is 0. The van der Waals surface area contributed by atoms with Crippen LogP contribution < -0.4 is 4.57 Å². The van der Waals surface area contributed by atoms with Gasteiger partial charge in [0, 0.05) is 35.3 Å². The Balaban J connectivity index is 1.76. The molecule has 2 nitrogen and oxygen atoms in total. The lowest BCUT2D eigenvalue weighted by Crippen LogP contribution is -2.32. The standard InChI is InChI=1S/C25H27N2/c1-16-10-11-19-20-9-6-12-26-23(20)13-22(19)25(16)24-14-21(17(2)15-27(24)3)18-7-4-5-8-18/h6,9-12,14-15,18H,4-5,7-8,13H2,1-3H3/q+1/i2D3,18D. The van der Waals surface area contributed by atoms with Crippen molar-refractivity contribution in [1.29, 1.82) is 0 Å². The maximum absolute atomic E-state index is 9.11. The summed E-state index contributed by atoms with van der Waals surface area (Å²) in [5.41, 5.74) is 8.94. The number of aryl methyl sites for hydroxylation is 3. The molecular weight excluding hydrogens is 328 g/mol. The number of nitrogens with zero attached hydrogens (tertiary/aromatic N) is 2. The molecule has 2 heteroatoms. The third kappa shape index (κ3) is 2.62. The number of aromatic nitrogens is 2. The highest BCUT2D eigenvalue weighted by molar-refractivity contribution is 5.84. The van der Waals surface area contributed by atoms with E-state index in [-0.39, 0.29) is 0 Å². The fraction of sp³-hybridized carbons (Fsp3) is 0.360. The summed E-state index contributed by atoms with van der Waals surface area (Å²) in [6, 6.07) is 10.4. The van der Waals surface area contributed by atoms with E-state index in [2.05, 4.69) is 30.1 Å². The number of benzene rings is 1. The highest BCUT2D eigenvalue weighted by Gasteiger charge is 2.29. The van der Waals surface area contributed by atoms with Crippen molar-refractivity contribution < 1.29 is 10.1 Å². The van der Waals surface area contributed by atoms with Gasteiger partial charge in [-0.25, -0.2) is 4.57 Å². The van der Waals surface area contributed by atoms with Gasteiger partial charge >= 0.3 is 0 Å². The van der Waals surface area contributed by atoms with Gasteiger partial charge in [-0.05, 0) is 60.8 Å². The highest BCUT2D eigenvalue weighted by Crippen LogP contribution is 2.43. The SMILES string of the molecule is [2H]C([2H])([2H])c1c[n+](C)c(-c2c(C)ccc3c2Cc2ncccc2-3)cc1C1([2H])CCCC1. The molecule has 0 atom stereocenters. The zero-order chi connectivity index (χ0) is 22.0. The quantitative estimate of drug-likeness (QED) is 0.437. The molecule has 2 heterocycles. The lowest BCUT2D eigenvalue weighted by atomic mass is 9.89. The molecule has 5 rings (SSSR count). The smallest absolute Gasteiger partial charge is 0.213 e. The number of fused-ring (bicyclic) bond motifs is 3. The average molecular weight is 360 g/mol. The fourth-order valence-electron chi connectivity index (χ4n) is 4.81. The van der Waals surface area contributed by atoms with Gasteiger partial charge in [0.25, 0.3) is 0 Å². The van der Waals surface area contributed by atoms with Crippen molar-refractivity contribution in [2.75, 3.05) is 0 Å². The Hall–Kier alpha value is -2.48. The van der Waals surface area contributed by atoms with E-state index in [0.717, 1.165) is 41.8 Å². The van der Waals surface area contributed by atoms with Gasteiger partial charge < -0.3 is 0 Å². The maximum atomic E-state index is 9.11. The molecule has 2 aromatic heterocycles. The fourth-order valence-corrected chi connectivity index (χ4v) is 4.81. The molecule has 1 fully saturated rings. The molecule has 1 saturated carbocycles. The molecule has 0 N–H and O–H groups in total. The van der Waals surface area contributed by atoms with Crippen LogP contribution in [-0.2, 0) is 13.5 Å². The zero-order valence-corrected chi connectivity index (χ0v) is 16.0. The van der Waals surface area contributed by atoms with Crippen molar-refractivity contribution in [2.45, 2.75) is 51.8 Å². The molecule has 0 aliphatic heterocycles. The van der Waals surface area contributed by atoms with Crippen LogP contribution >= 0.6 is 0 Å². The van der Waals surface area contributed by atoms with E-state index in [1.807, 2.05) is 29.9 Å². The minimum absolute atomic E-state index is 0.311. The molecule has 0 radical (unpaired) electrons. The molecule has 3 aromatic rings. The van der Waals surface area contributed by atoms with Gasteiger partial charge in [0.05, 0.1) is 11.3 Å².